The highest BCUT2D eigenvalue weighted by molar-refractivity contribution is 6.10. The SMILES string of the molecule is CC(=O)Nc1ccc(C(=O)NC(=NCc2c(C)nn(C)c2C)Nc2cc(C)ccc2C)cc1. The van der Waals surface area contributed by atoms with Gasteiger partial charge in [0.25, 0.3) is 5.91 Å². The first kappa shape index (κ1) is 23.7. The largest absolute Gasteiger partial charge is 0.326 e. The van der Waals surface area contributed by atoms with Crippen molar-refractivity contribution < 1.29 is 9.59 Å². The Morgan fingerprint density at radius 3 is 2.30 bits per heavy atom. The number of nitrogens with zero attached hydrogens (tertiary/aromatic N) is 3. The third-order valence-corrected chi connectivity index (χ3v) is 5.40. The second kappa shape index (κ2) is 10.1. The Morgan fingerprint density at radius 2 is 1.70 bits per heavy atom. The number of hydrogen-bond acceptors (Lipinski definition) is 4. The van der Waals surface area contributed by atoms with Crippen molar-refractivity contribution in [3.8, 4) is 0 Å². The maximum atomic E-state index is 12.9. The van der Waals surface area contributed by atoms with Gasteiger partial charge >= 0.3 is 0 Å². The van der Waals surface area contributed by atoms with Crippen LogP contribution < -0.4 is 16.0 Å². The Labute approximate surface area is 194 Å². The number of aromatic nitrogens is 2. The fourth-order valence-electron chi connectivity index (χ4n) is 3.40. The summed E-state index contributed by atoms with van der Waals surface area (Å²) in [5.41, 5.74) is 7.04. The molecule has 3 N–H and O–H groups in total. The zero-order chi connectivity index (χ0) is 24.1. The average molecular weight is 447 g/mol. The van der Waals surface area contributed by atoms with E-state index < -0.39 is 0 Å². The molecule has 8 nitrogen and oxygen atoms in total. The number of aliphatic imine (C=N–C) groups is 1. The molecule has 1 heterocycles. The Balaban J connectivity index is 1.86. The number of guanidine groups is 1. The van der Waals surface area contributed by atoms with Gasteiger partial charge in [-0.1, -0.05) is 12.1 Å². The summed E-state index contributed by atoms with van der Waals surface area (Å²) < 4.78 is 1.83. The highest BCUT2D eigenvalue weighted by Crippen LogP contribution is 2.17. The van der Waals surface area contributed by atoms with Crippen LogP contribution in [-0.4, -0.2) is 27.6 Å². The lowest BCUT2D eigenvalue weighted by molar-refractivity contribution is -0.114. The van der Waals surface area contributed by atoms with Crippen LogP contribution in [0.5, 0.6) is 0 Å². The topological polar surface area (TPSA) is 100 Å². The first-order valence-corrected chi connectivity index (χ1v) is 10.7. The summed E-state index contributed by atoms with van der Waals surface area (Å²) in [5, 5.41) is 13.3. The molecule has 0 unspecified atom stereocenters. The van der Waals surface area contributed by atoms with Gasteiger partial charge in [0.05, 0.1) is 12.2 Å². The lowest BCUT2D eigenvalue weighted by Crippen LogP contribution is -2.36. The van der Waals surface area contributed by atoms with Crippen molar-refractivity contribution in [2.75, 3.05) is 10.6 Å². The molecule has 0 saturated carbocycles. The lowest BCUT2D eigenvalue weighted by Gasteiger charge is -2.15. The first-order valence-electron chi connectivity index (χ1n) is 10.7. The molecule has 0 atom stereocenters. The zero-order valence-electron chi connectivity index (χ0n) is 19.9. The lowest BCUT2D eigenvalue weighted by atomic mass is 10.1. The van der Waals surface area contributed by atoms with Crippen LogP contribution in [0.15, 0.2) is 47.5 Å². The molecule has 0 saturated heterocycles. The van der Waals surface area contributed by atoms with Gasteiger partial charge in [-0.3, -0.25) is 19.6 Å². The Hall–Kier alpha value is -3.94. The summed E-state index contributed by atoms with van der Waals surface area (Å²) in [6.45, 7) is 9.77. The number of benzene rings is 2. The minimum atomic E-state index is -0.305. The molecule has 0 radical (unpaired) electrons. The van der Waals surface area contributed by atoms with Gasteiger partial charge in [-0.25, -0.2) is 4.99 Å². The van der Waals surface area contributed by atoms with E-state index in [1.807, 2.05) is 57.6 Å². The van der Waals surface area contributed by atoms with Crippen molar-refractivity contribution in [3.05, 3.63) is 76.1 Å². The third-order valence-electron chi connectivity index (χ3n) is 5.40. The van der Waals surface area contributed by atoms with Crippen molar-refractivity contribution >= 4 is 29.1 Å². The number of anilines is 2. The van der Waals surface area contributed by atoms with Crippen LogP contribution >= 0.6 is 0 Å². The summed E-state index contributed by atoms with van der Waals surface area (Å²) in [4.78, 5) is 28.8. The number of rotatable bonds is 5. The predicted molar refractivity (Wildman–Crippen MR) is 132 cm³/mol. The van der Waals surface area contributed by atoms with E-state index in [0.29, 0.717) is 23.8 Å². The molecule has 0 aliphatic rings. The van der Waals surface area contributed by atoms with Gasteiger partial charge in [0.15, 0.2) is 0 Å². The van der Waals surface area contributed by atoms with Gasteiger partial charge in [0, 0.05) is 42.2 Å². The van der Waals surface area contributed by atoms with Gasteiger partial charge in [0.1, 0.15) is 0 Å². The van der Waals surface area contributed by atoms with Gasteiger partial charge in [0.2, 0.25) is 11.9 Å². The molecular weight excluding hydrogens is 416 g/mol. The minimum absolute atomic E-state index is 0.166. The highest BCUT2D eigenvalue weighted by Gasteiger charge is 2.13. The monoisotopic (exact) mass is 446 g/mol. The molecule has 3 aromatic rings. The van der Waals surface area contributed by atoms with Crippen LogP contribution in [0.4, 0.5) is 11.4 Å². The zero-order valence-corrected chi connectivity index (χ0v) is 19.9. The fourth-order valence-corrected chi connectivity index (χ4v) is 3.40. The van der Waals surface area contributed by atoms with Gasteiger partial charge in [-0.2, -0.15) is 5.10 Å². The number of amides is 2. The predicted octanol–water partition coefficient (Wildman–Crippen LogP) is 4.01. The van der Waals surface area contributed by atoms with Gasteiger partial charge < -0.3 is 10.6 Å². The number of carbonyl (C=O) groups excluding carboxylic acids is 2. The quantitative estimate of drug-likeness (QED) is 0.407. The van der Waals surface area contributed by atoms with Crippen LogP contribution in [0, 0.1) is 27.7 Å². The van der Waals surface area contributed by atoms with E-state index in [1.54, 1.807) is 24.3 Å². The maximum absolute atomic E-state index is 12.9. The second-order valence-corrected chi connectivity index (χ2v) is 8.09. The van der Waals surface area contributed by atoms with E-state index in [0.717, 1.165) is 33.8 Å². The summed E-state index contributed by atoms with van der Waals surface area (Å²) in [7, 11) is 1.90. The molecule has 0 bridgehead atoms. The summed E-state index contributed by atoms with van der Waals surface area (Å²) in [6.07, 6.45) is 0. The van der Waals surface area contributed by atoms with Crippen molar-refractivity contribution in [2.24, 2.45) is 12.0 Å². The highest BCUT2D eigenvalue weighted by atomic mass is 16.2. The summed E-state index contributed by atoms with van der Waals surface area (Å²) in [5.74, 6) is -0.122. The molecule has 1 aromatic heterocycles. The number of nitrogens with one attached hydrogen (secondary N) is 3. The third kappa shape index (κ3) is 6.06. The van der Waals surface area contributed by atoms with E-state index in [-0.39, 0.29) is 11.8 Å². The van der Waals surface area contributed by atoms with E-state index >= 15 is 0 Å². The second-order valence-electron chi connectivity index (χ2n) is 8.09. The molecular formula is C25H30N6O2. The maximum Gasteiger partial charge on any atom is 0.257 e. The van der Waals surface area contributed by atoms with E-state index in [1.165, 1.54) is 6.92 Å². The molecule has 0 fully saturated rings. The summed E-state index contributed by atoms with van der Waals surface area (Å²) >= 11 is 0. The van der Waals surface area contributed by atoms with Crippen LogP contribution in [0.2, 0.25) is 0 Å². The van der Waals surface area contributed by atoms with Crippen molar-refractivity contribution in [1.82, 2.24) is 15.1 Å². The molecule has 2 amide bonds. The first-order chi connectivity index (χ1) is 15.6. The van der Waals surface area contributed by atoms with Crippen molar-refractivity contribution in [3.63, 3.8) is 0 Å². The van der Waals surface area contributed by atoms with E-state index in [2.05, 4.69) is 26.0 Å². The fraction of sp³-hybridized carbons (Fsp3) is 0.280. The molecule has 172 valence electrons. The number of aryl methyl sites for hydroxylation is 4. The van der Waals surface area contributed by atoms with Crippen LogP contribution in [-0.2, 0) is 18.4 Å². The Morgan fingerprint density at radius 1 is 1.00 bits per heavy atom. The van der Waals surface area contributed by atoms with Crippen LogP contribution in [0.25, 0.3) is 0 Å². The molecule has 8 heteroatoms. The van der Waals surface area contributed by atoms with Crippen LogP contribution in [0.3, 0.4) is 0 Å². The molecule has 0 spiro atoms. The molecule has 2 aromatic carbocycles. The van der Waals surface area contributed by atoms with E-state index in [4.69, 9.17) is 0 Å². The Bertz CT molecular complexity index is 1210. The smallest absolute Gasteiger partial charge is 0.257 e. The van der Waals surface area contributed by atoms with Crippen molar-refractivity contribution in [1.29, 1.82) is 0 Å². The molecule has 0 aliphatic carbocycles. The number of hydrogen-bond donors (Lipinski definition) is 3. The summed E-state index contributed by atoms with van der Waals surface area (Å²) in [6, 6.07) is 12.8. The average Bonchev–Trinajstić information content (AvgIpc) is 3.00. The number of carbonyl (C=O) groups is 2. The van der Waals surface area contributed by atoms with Gasteiger partial charge in [-0.15, -0.1) is 0 Å². The standard InChI is InChI=1S/C25H30N6O2/c1-15-7-8-16(2)23(13-15)28-25(26-14-22-17(3)30-31(6)18(22)4)29-24(33)20-9-11-21(12-10-20)27-19(5)32/h7-13H,14H2,1-6H3,(H,27,32)(H2,26,28,29,33). The molecule has 3 rings (SSSR count). The van der Waals surface area contributed by atoms with Gasteiger partial charge in [-0.05, 0) is 69.2 Å². The van der Waals surface area contributed by atoms with E-state index in [9.17, 15) is 9.59 Å². The normalized spacial score (nSPS) is 11.3. The van der Waals surface area contributed by atoms with Crippen LogP contribution in [0.1, 0.15) is 45.4 Å². The Kier molecular flexibility index (Phi) is 7.27. The molecule has 0 aliphatic heterocycles. The van der Waals surface area contributed by atoms with Crippen molar-refractivity contribution in [2.45, 2.75) is 41.2 Å². The minimum Gasteiger partial charge on any atom is -0.326 e. The molecule has 33 heavy (non-hydrogen) atoms.